The van der Waals surface area contributed by atoms with E-state index >= 15 is 0 Å². The molecule has 1 aliphatic heterocycles. The van der Waals surface area contributed by atoms with Crippen molar-refractivity contribution in [3.8, 4) is 0 Å². The normalized spacial score (nSPS) is 31.2. The molecule has 1 fully saturated rings. The molecule has 0 amide bonds. The average Bonchev–Trinajstić information content (AvgIpc) is 1.85. The van der Waals surface area contributed by atoms with Crippen molar-refractivity contribution in [2.24, 2.45) is 11.8 Å². The molecule has 0 spiro atoms. The van der Waals surface area contributed by atoms with Gasteiger partial charge in [-0.1, -0.05) is 20.8 Å². The fourth-order valence-corrected chi connectivity index (χ4v) is 2.29. The molecule has 0 N–H and O–H groups in total. The molecule has 2 unspecified atom stereocenters. The summed E-state index contributed by atoms with van der Waals surface area (Å²) in [6.45, 7) is 11.0. The highest BCUT2D eigenvalue weighted by atomic mass is 35.5. The van der Waals surface area contributed by atoms with Gasteiger partial charge in [0.15, 0.2) is 0 Å². The fraction of sp³-hybridized carbons (Fsp3) is 1.00. The van der Waals surface area contributed by atoms with Crippen molar-refractivity contribution >= 4 is 12.4 Å². The van der Waals surface area contributed by atoms with Gasteiger partial charge in [0, 0.05) is 13.1 Å². The monoisotopic (exact) mass is 191 g/mol. The summed E-state index contributed by atoms with van der Waals surface area (Å²) in [5, 5.41) is 0. The molecule has 1 heterocycles. The lowest BCUT2D eigenvalue weighted by Gasteiger charge is -2.34. The van der Waals surface area contributed by atoms with E-state index in [4.69, 9.17) is 0 Å². The summed E-state index contributed by atoms with van der Waals surface area (Å²) in [5.41, 5.74) is 0. The lowest BCUT2D eigenvalue weighted by molar-refractivity contribution is 0.141. The summed E-state index contributed by atoms with van der Waals surface area (Å²) in [4.78, 5) is 2.61. The van der Waals surface area contributed by atoms with Crippen LogP contribution in [-0.2, 0) is 0 Å². The minimum atomic E-state index is 0. The summed E-state index contributed by atoms with van der Waals surface area (Å²) in [7, 11) is 0. The minimum Gasteiger partial charge on any atom is -0.303 e. The van der Waals surface area contributed by atoms with Crippen LogP contribution in [0.2, 0.25) is 0 Å². The Balaban J connectivity index is 0.00000121. The predicted octanol–water partition coefficient (Wildman–Crippen LogP) is 2.80. The maximum atomic E-state index is 2.61. The maximum absolute atomic E-state index is 2.61. The molecule has 0 saturated carbocycles. The van der Waals surface area contributed by atoms with Crippen LogP contribution in [0.15, 0.2) is 0 Å². The van der Waals surface area contributed by atoms with Gasteiger partial charge in [-0.25, -0.2) is 0 Å². The van der Waals surface area contributed by atoms with E-state index in [9.17, 15) is 0 Å². The second kappa shape index (κ2) is 5.82. The quantitative estimate of drug-likeness (QED) is 0.649. The Morgan fingerprint density at radius 3 is 2.08 bits per heavy atom. The molecule has 1 nitrogen and oxygen atoms in total. The first kappa shape index (κ1) is 12.2. The smallest absolute Gasteiger partial charge is 0.000724 e. The third kappa shape index (κ3) is 3.77. The summed E-state index contributed by atoms with van der Waals surface area (Å²) < 4.78 is 0. The molecule has 0 bridgehead atoms. The van der Waals surface area contributed by atoms with Crippen LogP contribution in [-0.4, -0.2) is 24.5 Å². The Bertz CT molecular complexity index is 106. The van der Waals surface area contributed by atoms with Crippen LogP contribution in [0.3, 0.4) is 0 Å². The summed E-state index contributed by atoms with van der Waals surface area (Å²) in [5.74, 6) is 1.84. The second-order valence-corrected chi connectivity index (χ2v) is 4.21. The molecule has 1 rings (SSSR count). The summed E-state index contributed by atoms with van der Waals surface area (Å²) >= 11 is 0. The topological polar surface area (TPSA) is 3.24 Å². The third-order valence-electron chi connectivity index (χ3n) is 2.48. The van der Waals surface area contributed by atoms with E-state index in [2.05, 4.69) is 25.7 Å². The van der Waals surface area contributed by atoms with Crippen molar-refractivity contribution in [3.63, 3.8) is 0 Å². The lowest BCUT2D eigenvalue weighted by Crippen LogP contribution is -2.38. The van der Waals surface area contributed by atoms with Crippen LogP contribution in [0.1, 0.15) is 33.6 Å². The van der Waals surface area contributed by atoms with E-state index in [0.717, 1.165) is 11.8 Å². The first-order valence-corrected chi connectivity index (χ1v) is 4.94. The van der Waals surface area contributed by atoms with Gasteiger partial charge in [-0.3, -0.25) is 0 Å². The van der Waals surface area contributed by atoms with E-state index in [0.29, 0.717) is 0 Å². The highest BCUT2D eigenvalue weighted by Crippen LogP contribution is 2.20. The molecule has 1 aliphatic rings. The van der Waals surface area contributed by atoms with Gasteiger partial charge in [-0.2, -0.15) is 0 Å². The zero-order valence-electron chi connectivity index (χ0n) is 8.55. The average molecular weight is 192 g/mol. The Labute approximate surface area is 82.9 Å². The molecule has 0 aromatic carbocycles. The highest BCUT2D eigenvalue weighted by Gasteiger charge is 2.20. The van der Waals surface area contributed by atoms with E-state index < -0.39 is 0 Å². The number of hydrogen-bond acceptors (Lipinski definition) is 1. The number of nitrogens with zero attached hydrogens (tertiary/aromatic N) is 1. The van der Waals surface area contributed by atoms with Gasteiger partial charge in [0.25, 0.3) is 0 Å². The van der Waals surface area contributed by atoms with Crippen molar-refractivity contribution in [1.82, 2.24) is 4.90 Å². The number of hydrogen-bond donors (Lipinski definition) is 0. The molecule has 2 heteroatoms. The van der Waals surface area contributed by atoms with Gasteiger partial charge in [0.1, 0.15) is 0 Å². The van der Waals surface area contributed by atoms with E-state index in [-0.39, 0.29) is 12.4 Å². The Morgan fingerprint density at radius 1 is 1.17 bits per heavy atom. The third-order valence-corrected chi connectivity index (χ3v) is 2.48. The Morgan fingerprint density at radius 2 is 1.67 bits per heavy atom. The van der Waals surface area contributed by atoms with Crippen LogP contribution >= 0.6 is 12.4 Å². The molecule has 0 aromatic rings. The Kier molecular flexibility index (Phi) is 5.94. The predicted molar refractivity (Wildman–Crippen MR) is 56.9 cm³/mol. The first-order chi connectivity index (χ1) is 5.22. The van der Waals surface area contributed by atoms with Gasteiger partial charge < -0.3 is 4.90 Å². The molecule has 0 radical (unpaired) electrons. The lowest BCUT2D eigenvalue weighted by atomic mass is 9.92. The first-order valence-electron chi connectivity index (χ1n) is 4.94. The largest absolute Gasteiger partial charge is 0.303 e. The molecule has 0 aromatic heterocycles. The molecule has 0 aliphatic carbocycles. The number of halogens is 1. The van der Waals surface area contributed by atoms with Crippen molar-refractivity contribution in [2.75, 3.05) is 19.6 Å². The van der Waals surface area contributed by atoms with Crippen LogP contribution < -0.4 is 0 Å². The van der Waals surface area contributed by atoms with Crippen LogP contribution in [0, 0.1) is 11.8 Å². The van der Waals surface area contributed by atoms with Crippen molar-refractivity contribution in [3.05, 3.63) is 0 Å². The van der Waals surface area contributed by atoms with Crippen LogP contribution in [0.4, 0.5) is 0 Å². The van der Waals surface area contributed by atoms with E-state index in [1.54, 1.807) is 0 Å². The van der Waals surface area contributed by atoms with Gasteiger partial charge >= 0.3 is 0 Å². The van der Waals surface area contributed by atoms with Gasteiger partial charge in [-0.15, -0.1) is 12.4 Å². The standard InChI is InChI=1S/C10H21N.ClH/c1-4-5-11-7-9(2)6-10(3)8-11;/h9-10H,4-8H2,1-3H3;1H. The molecule has 12 heavy (non-hydrogen) atoms. The van der Waals surface area contributed by atoms with Crippen molar-refractivity contribution in [2.45, 2.75) is 33.6 Å². The number of rotatable bonds is 2. The second-order valence-electron chi connectivity index (χ2n) is 4.21. The van der Waals surface area contributed by atoms with Crippen molar-refractivity contribution < 1.29 is 0 Å². The summed E-state index contributed by atoms with van der Waals surface area (Å²) in [6, 6.07) is 0. The molecular formula is C10H22ClN. The minimum absolute atomic E-state index is 0. The van der Waals surface area contributed by atoms with E-state index in [1.807, 2.05) is 0 Å². The zero-order valence-corrected chi connectivity index (χ0v) is 9.36. The van der Waals surface area contributed by atoms with Gasteiger partial charge in [0.2, 0.25) is 0 Å². The maximum Gasteiger partial charge on any atom is 0.000724 e. The zero-order chi connectivity index (χ0) is 8.27. The summed E-state index contributed by atoms with van der Waals surface area (Å²) in [6.07, 6.45) is 2.74. The number of piperidine rings is 1. The molecule has 2 atom stereocenters. The molecule has 1 saturated heterocycles. The molecule has 74 valence electrons. The van der Waals surface area contributed by atoms with Gasteiger partial charge in [-0.05, 0) is 31.2 Å². The van der Waals surface area contributed by atoms with Crippen molar-refractivity contribution in [1.29, 1.82) is 0 Å². The van der Waals surface area contributed by atoms with Crippen LogP contribution in [0.5, 0.6) is 0 Å². The Hall–Kier alpha value is 0.250. The SMILES string of the molecule is CCCN1CC(C)CC(C)C1.Cl. The van der Waals surface area contributed by atoms with Gasteiger partial charge in [0.05, 0.1) is 0 Å². The fourth-order valence-electron chi connectivity index (χ4n) is 2.29. The molecular weight excluding hydrogens is 170 g/mol. The van der Waals surface area contributed by atoms with E-state index in [1.165, 1.54) is 32.5 Å². The van der Waals surface area contributed by atoms with Crippen LogP contribution in [0.25, 0.3) is 0 Å². The highest BCUT2D eigenvalue weighted by molar-refractivity contribution is 5.85. The number of likely N-dealkylation sites (tertiary alicyclic amines) is 1.